The SMILES string of the molecule is C=C(Br)CNC(=O)C1CCC(=O)N(CCCC)C1c1ccccc1OC. The molecule has 1 aromatic carbocycles. The summed E-state index contributed by atoms with van der Waals surface area (Å²) in [7, 11) is 1.61. The van der Waals surface area contributed by atoms with Crippen LogP contribution < -0.4 is 10.1 Å². The maximum absolute atomic E-state index is 12.9. The van der Waals surface area contributed by atoms with Gasteiger partial charge >= 0.3 is 0 Å². The highest BCUT2D eigenvalue weighted by molar-refractivity contribution is 9.11. The van der Waals surface area contributed by atoms with Gasteiger partial charge in [0.25, 0.3) is 0 Å². The van der Waals surface area contributed by atoms with Gasteiger partial charge in [0.15, 0.2) is 0 Å². The molecule has 1 aromatic rings. The molecule has 1 aliphatic heterocycles. The first-order valence-electron chi connectivity index (χ1n) is 9.03. The first-order chi connectivity index (χ1) is 12.5. The molecule has 1 aliphatic rings. The van der Waals surface area contributed by atoms with E-state index < -0.39 is 0 Å². The average Bonchev–Trinajstić information content (AvgIpc) is 2.64. The summed E-state index contributed by atoms with van der Waals surface area (Å²) in [4.78, 5) is 27.4. The van der Waals surface area contributed by atoms with E-state index in [4.69, 9.17) is 4.74 Å². The van der Waals surface area contributed by atoms with Crippen molar-refractivity contribution >= 4 is 27.7 Å². The third kappa shape index (κ3) is 4.87. The Balaban J connectivity index is 2.39. The van der Waals surface area contributed by atoms with Crippen molar-refractivity contribution in [3.05, 3.63) is 40.9 Å². The number of carbonyl (C=O) groups is 2. The average molecular weight is 423 g/mol. The molecular formula is C20H27BrN2O3. The molecule has 0 spiro atoms. The highest BCUT2D eigenvalue weighted by atomic mass is 79.9. The number of unbranched alkanes of at least 4 members (excludes halogenated alkanes) is 1. The number of carbonyl (C=O) groups excluding carboxylic acids is 2. The first-order valence-corrected chi connectivity index (χ1v) is 9.82. The van der Waals surface area contributed by atoms with Crippen LogP contribution in [0, 0.1) is 5.92 Å². The third-order valence-corrected chi connectivity index (χ3v) is 4.99. The van der Waals surface area contributed by atoms with Crippen molar-refractivity contribution in [2.24, 2.45) is 5.92 Å². The molecule has 2 unspecified atom stereocenters. The van der Waals surface area contributed by atoms with Gasteiger partial charge in [0.2, 0.25) is 11.8 Å². The molecule has 26 heavy (non-hydrogen) atoms. The highest BCUT2D eigenvalue weighted by Gasteiger charge is 2.41. The van der Waals surface area contributed by atoms with Gasteiger partial charge in [-0.25, -0.2) is 0 Å². The number of para-hydroxylation sites is 1. The summed E-state index contributed by atoms with van der Waals surface area (Å²) >= 11 is 3.27. The Labute approximate surface area is 163 Å². The van der Waals surface area contributed by atoms with Crippen molar-refractivity contribution < 1.29 is 14.3 Å². The Kier molecular flexibility index (Phi) is 7.69. The van der Waals surface area contributed by atoms with E-state index >= 15 is 0 Å². The highest BCUT2D eigenvalue weighted by Crippen LogP contribution is 2.40. The quantitative estimate of drug-likeness (QED) is 0.692. The van der Waals surface area contributed by atoms with E-state index in [2.05, 4.69) is 34.7 Å². The summed E-state index contributed by atoms with van der Waals surface area (Å²) in [5, 5.41) is 2.92. The normalized spacial score (nSPS) is 20.0. The number of ether oxygens (including phenoxy) is 1. The summed E-state index contributed by atoms with van der Waals surface area (Å²) in [5.41, 5.74) is 0.886. The molecule has 2 atom stereocenters. The molecule has 1 heterocycles. The molecule has 6 heteroatoms. The fourth-order valence-corrected chi connectivity index (χ4v) is 3.57. The van der Waals surface area contributed by atoms with Crippen molar-refractivity contribution in [3.63, 3.8) is 0 Å². The van der Waals surface area contributed by atoms with Crippen molar-refractivity contribution in [1.29, 1.82) is 0 Å². The number of benzene rings is 1. The molecule has 0 aliphatic carbocycles. The van der Waals surface area contributed by atoms with Crippen LogP contribution in [-0.4, -0.2) is 36.9 Å². The number of hydrogen-bond acceptors (Lipinski definition) is 3. The minimum Gasteiger partial charge on any atom is -0.496 e. The van der Waals surface area contributed by atoms with Crippen molar-refractivity contribution in [2.75, 3.05) is 20.2 Å². The number of piperidine rings is 1. The molecule has 142 valence electrons. The second kappa shape index (κ2) is 9.76. The Hall–Kier alpha value is -1.82. The molecule has 0 radical (unpaired) electrons. The fourth-order valence-electron chi connectivity index (χ4n) is 3.43. The van der Waals surface area contributed by atoms with Gasteiger partial charge in [-0.3, -0.25) is 9.59 Å². The molecular weight excluding hydrogens is 396 g/mol. The predicted molar refractivity (Wildman–Crippen MR) is 106 cm³/mol. The molecule has 0 aromatic heterocycles. The van der Waals surface area contributed by atoms with Gasteiger partial charge in [-0.2, -0.15) is 0 Å². The molecule has 2 rings (SSSR count). The lowest BCUT2D eigenvalue weighted by Gasteiger charge is -2.41. The van der Waals surface area contributed by atoms with Gasteiger partial charge in [0.1, 0.15) is 5.75 Å². The van der Waals surface area contributed by atoms with Crippen LogP contribution in [-0.2, 0) is 9.59 Å². The van der Waals surface area contributed by atoms with E-state index in [1.165, 1.54) is 0 Å². The number of hydrogen-bond donors (Lipinski definition) is 1. The molecule has 0 bridgehead atoms. The standard InChI is InChI=1S/C20H27BrN2O3/c1-4-5-12-23-18(24)11-10-16(20(25)22-13-14(2)21)19(23)15-8-6-7-9-17(15)26-3/h6-9,16,19H,2,4-5,10-13H2,1,3H3,(H,22,25). The van der Waals surface area contributed by atoms with Crippen LogP contribution in [0.2, 0.25) is 0 Å². The van der Waals surface area contributed by atoms with Crippen LogP contribution in [0.1, 0.15) is 44.2 Å². The summed E-state index contributed by atoms with van der Waals surface area (Å²) < 4.78 is 6.24. The molecule has 2 amide bonds. The number of methoxy groups -OCH3 is 1. The Morgan fingerprint density at radius 3 is 2.81 bits per heavy atom. The van der Waals surface area contributed by atoms with Gasteiger partial charge in [0, 0.05) is 29.6 Å². The minimum absolute atomic E-state index is 0.0597. The summed E-state index contributed by atoms with van der Waals surface area (Å²) in [6.07, 6.45) is 2.82. The van der Waals surface area contributed by atoms with Gasteiger partial charge in [-0.1, -0.05) is 54.1 Å². The maximum Gasteiger partial charge on any atom is 0.225 e. The van der Waals surface area contributed by atoms with Crippen LogP contribution in [0.5, 0.6) is 5.75 Å². The van der Waals surface area contributed by atoms with E-state index in [1.54, 1.807) is 7.11 Å². The number of amides is 2. The second-order valence-electron chi connectivity index (χ2n) is 6.51. The molecule has 0 saturated carbocycles. The van der Waals surface area contributed by atoms with Crippen molar-refractivity contribution in [2.45, 2.75) is 38.6 Å². The number of halogens is 1. The van der Waals surface area contributed by atoms with Crippen LogP contribution in [0.25, 0.3) is 0 Å². The zero-order chi connectivity index (χ0) is 19.1. The Morgan fingerprint density at radius 1 is 1.42 bits per heavy atom. The van der Waals surface area contributed by atoms with E-state index in [1.807, 2.05) is 29.2 Å². The Morgan fingerprint density at radius 2 is 2.15 bits per heavy atom. The van der Waals surface area contributed by atoms with Crippen LogP contribution in [0.3, 0.4) is 0 Å². The number of likely N-dealkylation sites (tertiary alicyclic amines) is 1. The second-order valence-corrected chi connectivity index (χ2v) is 7.63. The lowest BCUT2D eigenvalue weighted by Crippen LogP contribution is -2.48. The van der Waals surface area contributed by atoms with Gasteiger partial charge in [0.05, 0.1) is 19.1 Å². The monoisotopic (exact) mass is 422 g/mol. The molecule has 5 nitrogen and oxygen atoms in total. The number of nitrogens with one attached hydrogen (secondary N) is 1. The molecule has 1 N–H and O–H groups in total. The van der Waals surface area contributed by atoms with Gasteiger partial charge in [-0.15, -0.1) is 0 Å². The number of rotatable bonds is 8. The smallest absolute Gasteiger partial charge is 0.225 e. The van der Waals surface area contributed by atoms with Gasteiger partial charge in [-0.05, 0) is 18.9 Å². The van der Waals surface area contributed by atoms with Crippen LogP contribution in [0.4, 0.5) is 0 Å². The maximum atomic E-state index is 12.9. The first kappa shape index (κ1) is 20.5. The predicted octanol–water partition coefficient (Wildman–Crippen LogP) is 3.80. The minimum atomic E-state index is -0.317. The zero-order valence-corrected chi connectivity index (χ0v) is 17.0. The molecule has 1 saturated heterocycles. The van der Waals surface area contributed by atoms with E-state index in [0.29, 0.717) is 31.7 Å². The third-order valence-electron chi connectivity index (χ3n) is 4.71. The zero-order valence-electron chi connectivity index (χ0n) is 15.5. The van der Waals surface area contributed by atoms with Crippen molar-refractivity contribution in [3.8, 4) is 5.75 Å². The summed E-state index contributed by atoms with van der Waals surface area (Å²) in [6, 6.07) is 7.33. The van der Waals surface area contributed by atoms with Crippen LogP contribution >= 0.6 is 15.9 Å². The lowest BCUT2D eigenvalue weighted by atomic mass is 9.83. The number of nitrogens with zero attached hydrogens (tertiary/aromatic N) is 1. The summed E-state index contributed by atoms with van der Waals surface area (Å²) in [6.45, 7) is 6.88. The van der Waals surface area contributed by atoms with E-state index in [0.717, 1.165) is 22.9 Å². The van der Waals surface area contributed by atoms with Crippen LogP contribution in [0.15, 0.2) is 35.3 Å². The fraction of sp³-hybridized carbons (Fsp3) is 0.500. The van der Waals surface area contributed by atoms with E-state index in [9.17, 15) is 9.59 Å². The molecule has 1 fully saturated rings. The van der Waals surface area contributed by atoms with E-state index in [-0.39, 0.29) is 23.8 Å². The van der Waals surface area contributed by atoms with Gasteiger partial charge < -0.3 is 15.0 Å². The largest absolute Gasteiger partial charge is 0.496 e. The summed E-state index contributed by atoms with van der Waals surface area (Å²) in [5.74, 6) is 0.433. The lowest BCUT2D eigenvalue weighted by molar-refractivity contribution is -0.143. The topological polar surface area (TPSA) is 58.6 Å². The van der Waals surface area contributed by atoms with Crippen molar-refractivity contribution in [1.82, 2.24) is 10.2 Å². The Bertz CT molecular complexity index is 662.